The Morgan fingerprint density at radius 1 is 1.20 bits per heavy atom. The normalized spacial score (nSPS) is 17.7. The molecule has 15 heavy (non-hydrogen) atoms. The predicted molar refractivity (Wildman–Crippen MR) is 64.6 cm³/mol. The van der Waals surface area contributed by atoms with E-state index < -0.39 is 0 Å². The fraction of sp³-hybridized carbons (Fsp3) is 0.538. The fourth-order valence-corrected chi connectivity index (χ4v) is 2.14. The summed E-state index contributed by atoms with van der Waals surface area (Å²) in [4.78, 5) is 2.16. The van der Waals surface area contributed by atoms with Crippen LogP contribution in [0.15, 0.2) is 24.3 Å². The summed E-state index contributed by atoms with van der Waals surface area (Å²) in [6.45, 7) is 2.08. The van der Waals surface area contributed by atoms with E-state index in [1.807, 2.05) is 0 Å². The van der Waals surface area contributed by atoms with Crippen molar-refractivity contribution in [2.24, 2.45) is 0 Å². The number of nitrogens with zero attached hydrogens (tertiary/aromatic N) is 2. The average Bonchev–Trinajstić information content (AvgIpc) is 2.30. The minimum Gasteiger partial charge on any atom is -0.378 e. The molecule has 1 saturated heterocycles. The smallest absolute Gasteiger partial charge is 0.0363 e. The van der Waals surface area contributed by atoms with E-state index >= 15 is 0 Å². The Morgan fingerprint density at radius 3 is 2.60 bits per heavy atom. The summed E-state index contributed by atoms with van der Waals surface area (Å²) in [5.74, 6) is 0.724. The molecule has 0 saturated carbocycles. The van der Waals surface area contributed by atoms with Gasteiger partial charge < -0.3 is 4.90 Å². The van der Waals surface area contributed by atoms with Gasteiger partial charge in [0.1, 0.15) is 0 Å². The summed E-state index contributed by atoms with van der Waals surface area (Å²) in [6.07, 6.45) is 2.44. The van der Waals surface area contributed by atoms with Crippen molar-refractivity contribution in [3.05, 3.63) is 29.8 Å². The van der Waals surface area contributed by atoms with Crippen LogP contribution in [0.4, 0.5) is 5.69 Å². The Labute approximate surface area is 92.3 Å². The number of anilines is 1. The van der Waals surface area contributed by atoms with E-state index in [0.29, 0.717) is 0 Å². The Morgan fingerprint density at radius 2 is 1.93 bits per heavy atom. The van der Waals surface area contributed by atoms with Gasteiger partial charge in [-0.3, -0.25) is 0 Å². The lowest BCUT2D eigenvalue weighted by molar-refractivity contribution is 0.453. The summed E-state index contributed by atoms with van der Waals surface area (Å²) in [5.41, 5.74) is 2.78. The van der Waals surface area contributed by atoms with Crippen LogP contribution in [0.25, 0.3) is 0 Å². The summed E-state index contributed by atoms with van der Waals surface area (Å²) in [6, 6.07) is 8.89. The first kappa shape index (κ1) is 10.5. The first-order chi connectivity index (χ1) is 7.27. The summed E-state index contributed by atoms with van der Waals surface area (Å²) in [7, 11) is 4.19. The van der Waals surface area contributed by atoms with Crippen LogP contribution in [-0.2, 0) is 0 Å². The van der Waals surface area contributed by atoms with Crippen molar-refractivity contribution in [2.45, 2.75) is 18.8 Å². The molecule has 0 unspecified atom stereocenters. The monoisotopic (exact) mass is 203 g/mol. The van der Waals surface area contributed by atoms with Crippen molar-refractivity contribution in [3.8, 4) is 0 Å². The zero-order valence-corrected chi connectivity index (χ0v) is 9.61. The summed E-state index contributed by atoms with van der Waals surface area (Å²) < 4.78 is 0. The quantitative estimate of drug-likeness (QED) is 0.720. The maximum Gasteiger partial charge on any atom is 0.0363 e. The molecule has 0 bridgehead atoms. The summed E-state index contributed by atoms with van der Waals surface area (Å²) in [5, 5.41) is 4.40. The van der Waals surface area contributed by atoms with E-state index in [1.165, 1.54) is 24.1 Å². The van der Waals surface area contributed by atoms with Gasteiger partial charge in [0.05, 0.1) is 0 Å². The Bertz CT molecular complexity index is 314. The van der Waals surface area contributed by atoms with Crippen LogP contribution in [0.2, 0.25) is 0 Å². The van der Waals surface area contributed by atoms with Gasteiger partial charge in [-0.15, -0.1) is 0 Å². The number of hydrogen-bond acceptors (Lipinski definition) is 1. The SMILES string of the molecule is CN(C)c1cccc(C2CC[N]CC2)c1. The van der Waals surface area contributed by atoms with Crippen LogP contribution in [0.5, 0.6) is 0 Å². The highest BCUT2D eigenvalue weighted by atomic mass is 15.1. The van der Waals surface area contributed by atoms with Crippen LogP contribution in [0.3, 0.4) is 0 Å². The van der Waals surface area contributed by atoms with Crippen LogP contribution < -0.4 is 10.2 Å². The lowest BCUT2D eigenvalue weighted by atomic mass is 9.90. The second kappa shape index (κ2) is 4.67. The molecule has 1 aromatic rings. The van der Waals surface area contributed by atoms with Gasteiger partial charge in [0.15, 0.2) is 0 Å². The molecule has 0 aromatic heterocycles. The van der Waals surface area contributed by atoms with Gasteiger partial charge in [0.25, 0.3) is 0 Å². The first-order valence-electron chi connectivity index (χ1n) is 5.68. The second-order valence-electron chi connectivity index (χ2n) is 4.43. The number of piperidine rings is 1. The molecule has 1 aliphatic rings. The van der Waals surface area contributed by atoms with Crippen molar-refractivity contribution in [2.75, 3.05) is 32.1 Å². The van der Waals surface area contributed by atoms with Crippen molar-refractivity contribution < 1.29 is 0 Å². The van der Waals surface area contributed by atoms with Crippen molar-refractivity contribution in [1.82, 2.24) is 5.32 Å². The fourth-order valence-electron chi connectivity index (χ4n) is 2.14. The molecule has 0 amide bonds. The van der Waals surface area contributed by atoms with E-state index in [4.69, 9.17) is 0 Å². The topological polar surface area (TPSA) is 17.3 Å². The molecule has 2 heteroatoms. The van der Waals surface area contributed by atoms with Gasteiger partial charge in [-0.05, 0) is 36.5 Å². The molecule has 1 fully saturated rings. The molecule has 81 valence electrons. The first-order valence-corrected chi connectivity index (χ1v) is 5.68. The zero-order valence-electron chi connectivity index (χ0n) is 9.61. The Balaban J connectivity index is 2.16. The molecular formula is C13H19N2. The van der Waals surface area contributed by atoms with Gasteiger partial charge in [-0.25, -0.2) is 5.32 Å². The second-order valence-corrected chi connectivity index (χ2v) is 4.43. The molecule has 2 rings (SSSR count). The van der Waals surface area contributed by atoms with Crippen molar-refractivity contribution in [3.63, 3.8) is 0 Å². The highest BCUT2D eigenvalue weighted by Gasteiger charge is 2.15. The maximum atomic E-state index is 4.40. The van der Waals surface area contributed by atoms with Crippen molar-refractivity contribution in [1.29, 1.82) is 0 Å². The van der Waals surface area contributed by atoms with E-state index in [9.17, 15) is 0 Å². The number of hydrogen-bond donors (Lipinski definition) is 0. The van der Waals surface area contributed by atoms with Gasteiger partial charge in [0.2, 0.25) is 0 Å². The third-order valence-electron chi connectivity index (χ3n) is 3.13. The Hall–Kier alpha value is -1.02. The van der Waals surface area contributed by atoms with Crippen LogP contribution >= 0.6 is 0 Å². The van der Waals surface area contributed by atoms with E-state index in [2.05, 4.69) is 48.6 Å². The van der Waals surface area contributed by atoms with Crippen LogP contribution in [0.1, 0.15) is 24.3 Å². The molecule has 0 N–H and O–H groups in total. The Kier molecular flexibility index (Phi) is 3.27. The molecule has 2 nitrogen and oxygen atoms in total. The minimum absolute atomic E-state index is 0.724. The molecule has 1 aromatic carbocycles. The lowest BCUT2D eigenvalue weighted by Crippen LogP contribution is -2.21. The molecular weight excluding hydrogens is 184 g/mol. The lowest BCUT2D eigenvalue weighted by Gasteiger charge is -2.23. The highest BCUT2D eigenvalue weighted by Crippen LogP contribution is 2.27. The van der Waals surface area contributed by atoms with Crippen LogP contribution in [0, 0.1) is 0 Å². The van der Waals surface area contributed by atoms with E-state index in [-0.39, 0.29) is 0 Å². The maximum absolute atomic E-state index is 4.40. The summed E-state index contributed by atoms with van der Waals surface area (Å²) >= 11 is 0. The van der Waals surface area contributed by atoms with Gasteiger partial charge >= 0.3 is 0 Å². The third-order valence-corrected chi connectivity index (χ3v) is 3.13. The number of rotatable bonds is 2. The molecule has 1 heterocycles. The molecule has 1 aliphatic heterocycles. The molecule has 0 aliphatic carbocycles. The highest BCUT2D eigenvalue weighted by molar-refractivity contribution is 5.48. The van der Waals surface area contributed by atoms with Gasteiger partial charge in [-0.2, -0.15) is 0 Å². The molecule has 0 atom stereocenters. The van der Waals surface area contributed by atoms with Gasteiger partial charge in [-0.1, -0.05) is 12.1 Å². The van der Waals surface area contributed by atoms with Crippen molar-refractivity contribution >= 4 is 5.69 Å². The largest absolute Gasteiger partial charge is 0.378 e. The number of benzene rings is 1. The minimum atomic E-state index is 0.724. The van der Waals surface area contributed by atoms with E-state index in [0.717, 1.165) is 19.0 Å². The predicted octanol–water partition coefficient (Wildman–Crippen LogP) is 2.23. The zero-order chi connectivity index (χ0) is 10.7. The van der Waals surface area contributed by atoms with E-state index in [1.54, 1.807) is 0 Å². The standard InChI is InChI=1S/C13H19N2/c1-15(2)13-5-3-4-12(10-13)11-6-8-14-9-7-11/h3-5,10-11H,6-9H2,1-2H3. The molecule has 1 radical (unpaired) electrons. The molecule has 0 spiro atoms. The average molecular weight is 203 g/mol. The van der Waals surface area contributed by atoms with Crippen LogP contribution in [-0.4, -0.2) is 27.2 Å². The van der Waals surface area contributed by atoms with Gasteiger partial charge in [0, 0.05) is 32.9 Å². The third kappa shape index (κ3) is 2.51.